The summed E-state index contributed by atoms with van der Waals surface area (Å²) in [5.74, 6) is 0.239. The Morgan fingerprint density at radius 1 is 1.38 bits per heavy atom. The second kappa shape index (κ2) is 8.17. The maximum absolute atomic E-state index is 12.0. The minimum Gasteiger partial charge on any atom is -0.507 e. The zero-order chi connectivity index (χ0) is 17.7. The Morgan fingerprint density at radius 2 is 2.12 bits per heavy atom. The lowest BCUT2D eigenvalue weighted by atomic mass is 10.2. The van der Waals surface area contributed by atoms with Crippen LogP contribution in [0.25, 0.3) is 0 Å². The summed E-state index contributed by atoms with van der Waals surface area (Å²) >= 11 is 9.19. The van der Waals surface area contributed by atoms with Crippen molar-refractivity contribution >= 4 is 39.7 Å². The monoisotopic (exact) mass is 410 g/mol. The van der Waals surface area contributed by atoms with Crippen molar-refractivity contribution in [3.63, 3.8) is 0 Å². The van der Waals surface area contributed by atoms with Crippen LogP contribution in [0.15, 0.2) is 46.0 Å². The molecule has 1 atom stereocenters. The molecule has 2 aromatic carbocycles. The lowest BCUT2D eigenvalue weighted by Crippen LogP contribution is -2.33. The predicted molar refractivity (Wildman–Crippen MR) is 97.8 cm³/mol. The lowest BCUT2D eigenvalue weighted by molar-refractivity contribution is -0.127. The molecule has 0 unspecified atom stereocenters. The number of phenolic OH excluding ortho intramolecular Hbond substituents is 1. The van der Waals surface area contributed by atoms with E-state index in [-0.39, 0.29) is 5.75 Å². The first-order valence-electron chi connectivity index (χ1n) is 7.11. The van der Waals surface area contributed by atoms with E-state index < -0.39 is 12.0 Å². The number of amides is 1. The first kappa shape index (κ1) is 18.3. The average molecular weight is 412 g/mol. The predicted octanol–water partition coefficient (Wildman–Crippen LogP) is 4.03. The quantitative estimate of drug-likeness (QED) is 0.576. The van der Waals surface area contributed by atoms with Gasteiger partial charge in [0, 0.05) is 15.1 Å². The van der Waals surface area contributed by atoms with Gasteiger partial charge in [0.2, 0.25) is 0 Å². The summed E-state index contributed by atoms with van der Waals surface area (Å²) in [7, 11) is 0. The molecule has 2 aromatic rings. The summed E-state index contributed by atoms with van der Waals surface area (Å²) in [5, 5.41) is 14.1. The third-order valence-corrected chi connectivity index (χ3v) is 3.91. The first-order valence-corrected chi connectivity index (χ1v) is 8.28. The summed E-state index contributed by atoms with van der Waals surface area (Å²) in [6, 6.07) is 10.1. The Hall–Kier alpha value is -2.05. The van der Waals surface area contributed by atoms with Crippen LogP contribution >= 0.6 is 27.5 Å². The van der Waals surface area contributed by atoms with E-state index in [4.69, 9.17) is 16.3 Å². The molecule has 0 fully saturated rings. The van der Waals surface area contributed by atoms with Crippen molar-refractivity contribution < 1.29 is 14.6 Å². The molecule has 0 aliphatic rings. The number of phenols is 1. The van der Waals surface area contributed by atoms with E-state index in [1.54, 1.807) is 37.3 Å². The van der Waals surface area contributed by atoms with Crippen molar-refractivity contribution in [3.05, 3.63) is 57.0 Å². The van der Waals surface area contributed by atoms with Gasteiger partial charge in [-0.05, 0) is 55.8 Å². The van der Waals surface area contributed by atoms with Gasteiger partial charge < -0.3 is 9.84 Å². The smallest absolute Gasteiger partial charge is 0.280 e. The van der Waals surface area contributed by atoms with Gasteiger partial charge in [-0.2, -0.15) is 5.10 Å². The molecule has 24 heavy (non-hydrogen) atoms. The van der Waals surface area contributed by atoms with Crippen LogP contribution in [-0.2, 0) is 4.79 Å². The molecule has 2 N–H and O–H groups in total. The van der Waals surface area contributed by atoms with Gasteiger partial charge in [-0.1, -0.05) is 27.5 Å². The summed E-state index contributed by atoms with van der Waals surface area (Å²) in [5.41, 5.74) is 3.70. The molecule has 1 amide bonds. The number of aromatic hydroxyl groups is 1. The Labute approximate surface area is 153 Å². The molecule has 0 radical (unpaired) electrons. The van der Waals surface area contributed by atoms with Crippen molar-refractivity contribution in [2.75, 3.05) is 0 Å². The number of hydrogen-bond acceptors (Lipinski definition) is 4. The number of carbonyl (C=O) groups excluding carboxylic acids is 1. The van der Waals surface area contributed by atoms with Crippen LogP contribution in [0.3, 0.4) is 0 Å². The molecule has 5 nitrogen and oxygen atoms in total. The van der Waals surface area contributed by atoms with Crippen LogP contribution in [-0.4, -0.2) is 23.3 Å². The highest BCUT2D eigenvalue weighted by Gasteiger charge is 2.15. The van der Waals surface area contributed by atoms with E-state index in [9.17, 15) is 9.90 Å². The molecule has 0 aromatic heterocycles. The van der Waals surface area contributed by atoms with Crippen LogP contribution in [0.1, 0.15) is 18.1 Å². The van der Waals surface area contributed by atoms with E-state index in [2.05, 4.69) is 26.5 Å². The molecule has 7 heteroatoms. The largest absolute Gasteiger partial charge is 0.507 e. The summed E-state index contributed by atoms with van der Waals surface area (Å²) in [6.07, 6.45) is 0.622. The van der Waals surface area contributed by atoms with Gasteiger partial charge >= 0.3 is 0 Å². The Kier molecular flexibility index (Phi) is 6.23. The molecular formula is C17H16BrClN2O3. The third-order valence-electron chi connectivity index (χ3n) is 3.18. The molecule has 0 saturated carbocycles. The van der Waals surface area contributed by atoms with Gasteiger partial charge in [-0.15, -0.1) is 0 Å². The van der Waals surface area contributed by atoms with Crippen LogP contribution < -0.4 is 10.2 Å². The minimum atomic E-state index is -0.738. The Morgan fingerprint density at radius 3 is 2.83 bits per heavy atom. The van der Waals surface area contributed by atoms with Gasteiger partial charge in [0.05, 0.1) is 6.21 Å². The van der Waals surface area contributed by atoms with Gasteiger partial charge in [-0.25, -0.2) is 5.43 Å². The Bertz CT molecular complexity index is 780. The van der Waals surface area contributed by atoms with Crippen molar-refractivity contribution in [1.29, 1.82) is 0 Å². The molecule has 0 spiro atoms. The molecule has 0 bridgehead atoms. The molecule has 0 aliphatic heterocycles. The standard InChI is InChI=1S/C17H16BrClN2O3/c1-10-7-14(19)4-6-16(10)24-11(2)17(23)21-20-9-12-8-13(18)3-5-15(12)22/h3-9,11,22H,1-2H3,(H,21,23)/b20-9+/t11-/m0/s1. The van der Waals surface area contributed by atoms with Crippen molar-refractivity contribution in [2.24, 2.45) is 5.10 Å². The zero-order valence-electron chi connectivity index (χ0n) is 13.1. The topological polar surface area (TPSA) is 70.9 Å². The van der Waals surface area contributed by atoms with Gasteiger partial charge in [0.1, 0.15) is 11.5 Å². The first-order chi connectivity index (χ1) is 11.4. The maximum atomic E-state index is 12.0. The van der Waals surface area contributed by atoms with Crippen molar-refractivity contribution in [1.82, 2.24) is 5.43 Å². The highest BCUT2D eigenvalue weighted by atomic mass is 79.9. The summed E-state index contributed by atoms with van der Waals surface area (Å²) < 4.78 is 6.40. The van der Waals surface area contributed by atoms with E-state index >= 15 is 0 Å². The number of rotatable bonds is 5. The average Bonchev–Trinajstić information content (AvgIpc) is 2.53. The number of halogens is 2. The SMILES string of the molecule is Cc1cc(Cl)ccc1O[C@@H](C)C(=O)N/N=C/c1cc(Br)ccc1O. The van der Waals surface area contributed by atoms with E-state index in [0.717, 1.165) is 10.0 Å². The number of benzene rings is 2. The van der Waals surface area contributed by atoms with Crippen LogP contribution in [0.5, 0.6) is 11.5 Å². The fourth-order valence-corrected chi connectivity index (χ4v) is 2.48. The maximum Gasteiger partial charge on any atom is 0.280 e. The van der Waals surface area contributed by atoms with E-state index in [0.29, 0.717) is 16.3 Å². The lowest BCUT2D eigenvalue weighted by Gasteiger charge is -2.14. The van der Waals surface area contributed by atoms with Crippen molar-refractivity contribution in [3.8, 4) is 11.5 Å². The fraction of sp³-hybridized carbons (Fsp3) is 0.176. The molecule has 0 aliphatic carbocycles. The normalized spacial score (nSPS) is 12.2. The van der Waals surface area contributed by atoms with E-state index in [1.165, 1.54) is 12.3 Å². The molecule has 2 rings (SSSR count). The number of carbonyl (C=O) groups is 1. The number of nitrogens with zero attached hydrogens (tertiary/aromatic N) is 1. The van der Waals surface area contributed by atoms with Gasteiger partial charge in [0.25, 0.3) is 5.91 Å². The number of nitrogens with one attached hydrogen (secondary N) is 1. The number of hydrazone groups is 1. The molecular weight excluding hydrogens is 396 g/mol. The zero-order valence-corrected chi connectivity index (χ0v) is 15.4. The van der Waals surface area contributed by atoms with Gasteiger partial charge in [0.15, 0.2) is 6.10 Å². The highest BCUT2D eigenvalue weighted by Crippen LogP contribution is 2.23. The second-order valence-corrected chi connectivity index (χ2v) is 6.46. The Balaban J connectivity index is 1.96. The third kappa shape index (κ3) is 4.97. The summed E-state index contributed by atoms with van der Waals surface area (Å²) in [6.45, 7) is 3.47. The molecule has 0 saturated heterocycles. The van der Waals surface area contributed by atoms with Crippen LogP contribution in [0, 0.1) is 6.92 Å². The summed E-state index contributed by atoms with van der Waals surface area (Å²) in [4.78, 5) is 12.0. The number of ether oxygens (including phenoxy) is 1. The van der Waals surface area contributed by atoms with Crippen LogP contribution in [0.4, 0.5) is 0 Å². The van der Waals surface area contributed by atoms with Gasteiger partial charge in [-0.3, -0.25) is 4.79 Å². The minimum absolute atomic E-state index is 0.0669. The second-order valence-electron chi connectivity index (χ2n) is 5.11. The van der Waals surface area contributed by atoms with E-state index in [1.807, 2.05) is 6.92 Å². The molecule has 126 valence electrons. The fourth-order valence-electron chi connectivity index (χ4n) is 1.87. The molecule has 0 heterocycles. The van der Waals surface area contributed by atoms with Crippen molar-refractivity contribution in [2.45, 2.75) is 20.0 Å². The van der Waals surface area contributed by atoms with Crippen LogP contribution in [0.2, 0.25) is 5.02 Å². The number of hydrogen-bond donors (Lipinski definition) is 2. The highest BCUT2D eigenvalue weighted by molar-refractivity contribution is 9.10. The number of aryl methyl sites for hydroxylation is 1.